The van der Waals surface area contributed by atoms with E-state index in [2.05, 4.69) is 53.8 Å². The van der Waals surface area contributed by atoms with Crippen molar-refractivity contribution in [1.82, 2.24) is 9.71 Å². The molecule has 1 amide bonds. The lowest BCUT2D eigenvalue weighted by atomic mass is 9.62. The Morgan fingerprint density at radius 3 is 2.72 bits per heavy atom. The van der Waals surface area contributed by atoms with Crippen molar-refractivity contribution in [2.75, 3.05) is 31.7 Å². The Morgan fingerprint density at radius 2 is 2.02 bits per heavy atom. The third-order valence-corrected chi connectivity index (χ3v) is 13.0. The predicted octanol–water partition coefficient (Wildman–Crippen LogP) is 7.60. The summed E-state index contributed by atoms with van der Waals surface area (Å²) < 4.78 is 40.7. The van der Waals surface area contributed by atoms with Gasteiger partial charge in [0, 0.05) is 54.5 Å². The molecule has 1 aromatic heterocycles. The summed E-state index contributed by atoms with van der Waals surface area (Å²) in [5.74, 6) is 0.570. The number of aryl methyl sites for hydroxylation is 2. The third kappa shape index (κ3) is 7.32. The van der Waals surface area contributed by atoms with Crippen molar-refractivity contribution in [2.24, 2.45) is 11.8 Å². The van der Waals surface area contributed by atoms with Crippen LogP contribution >= 0.6 is 11.6 Å². The second kappa shape index (κ2) is 14.7. The van der Waals surface area contributed by atoms with E-state index in [9.17, 15) is 13.2 Å². The van der Waals surface area contributed by atoms with E-state index < -0.39 is 26.8 Å². The maximum absolute atomic E-state index is 13.4. The molecular weight excluding hydrogens is 670 g/mol. The second-order valence-electron chi connectivity index (χ2n) is 14.7. The smallest absolute Gasteiger partial charge is 0.264 e. The predicted molar refractivity (Wildman–Crippen MR) is 200 cm³/mol. The van der Waals surface area contributed by atoms with Crippen molar-refractivity contribution in [1.29, 1.82) is 0 Å². The molecule has 1 spiro atoms. The molecule has 1 fully saturated rings. The van der Waals surface area contributed by atoms with E-state index >= 15 is 0 Å². The van der Waals surface area contributed by atoms with E-state index in [0.717, 1.165) is 61.5 Å². The lowest BCUT2D eigenvalue weighted by molar-refractivity contribution is -0.0750. The summed E-state index contributed by atoms with van der Waals surface area (Å²) in [7, 11) is -1.99. The van der Waals surface area contributed by atoms with E-state index in [1.807, 2.05) is 31.5 Å². The van der Waals surface area contributed by atoms with Gasteiger partial charge in [-0.3, -0.25) is 9.78 Å². The Morgan fingerprint density at radius 1 is 1.20 bits per heavy atom. The van der Waals surface area contributed by atoms with Crippen LogP contribution in [0.2, 0.25) is 5.02 Å². The lowest BCUT2D eigenvalue weighted by Gasteiger charge is -2.50. The second-order valence-corrected chi connectivity index (χ2v) is 17.4. The molecule has 3 aliphatic rings. The molecule has 1 aliphatic heterocycles. The number of nitrogens with zero attached hydrogens (tertiary/aromatic N) is 2. The van der Waals surface area contributed by atoms with E-state index in [1.54, 1.807) is 26.0 Å². The molecular formula is C40H50ClN3O5S. The highest BCUT2D eigenvalue weighted by Crippen LogP contribution is 2.49. The van der Waals surface area contributed by atoms with Crippen LogP contribution in [0.25, 0.3) is 0 Å². The summed E-state index contributed by atoms with van der Waals surface area (Å²) in [5, 5.41) is -0.000800. The van der Waals surface area contributed by atoms with Gasteiger partial charge in [0.1, 0.15) is 5.75 Å². The Kier molecular flexibility index (Phi) is 10.7. The van der Waals surface area contributed by atoms with E-state index in [-0.39, 0.29) is 22.8 Å². The fraction of sp³-hybridized carbons (Fsp3) is 0.500. The number of hydrogen-bond acceptors (Lipinski definition) is 7. The van der Waals surface area contributed by atoms with Gasteiger partial charge >= 0.3 is 0 Å². The molecule has 8 nitrogen and oxygen atoms in total. The van der Waals surface area contributed by atoms with Crippen molar-refractivity contribution in [3.63, 3.8) is 0 Å². The van der Waals surface area contributed by atoms with Gasteiger partial charge in [-0.25, -0.2) is 13.1 Å². The van der Waals surface area contributed by atoms with Gasteiger partial charge in [-0.15, -0.1) is 0 Å². The molecule has 3 aromatic rings. The number of carbonyl (C=O) groups excluding carboxylic acids is 1. The number of sulfonamides is 1. The van der Waals surface area contributed by atoms with Crippen LogP contribution < -0.4 is 14.4 Å². The Bertz CT molecular complexity index is 1860. The van der Waals surface area contributed by atoms with Gasteiger partial charge in [0.15, 0.2) is 0 Å². The standard InChI is InChI=1S/C40H50ClN3O5S/c1-6-7-18-40(48-5,23-33-20-28(4)16-19-42-33)35-13-10-31(35)24-44-25-39(17-8-9-29-21-32(41)12-14-34(29)39)26-49-37-15-11-30(22-36(37)44)38(45)43-50(46,47)27(2)3/h7,11-12,14-16,18-22,27,31,35H,6,8-10,13,17,23-26H2,1-5H3,(H,43,45)/b18-7+/t31-,35+,39-,40+/m0/s1. The van der Waals surface area contributed by atoms with E-state index in [0.29, 0.717) is 25.3 Å². The largest absolute Gasteiger partial charge is 0.490 e. The van der Waals surface area contributed by atoms with Crippen molar-refractivity contribution >= 4 is 33.2 Å². The SMILES string of the molecule is CC/C=C/[C@](Cc1cc(C)ccn1)(OC)[C@@H]1CC[C@H]1CN1C[C@@]2(CCCc3cc(Cl)ccc32)COc2ccc(C(=O)NS(=O)(=O)C(C)C)cc21. The first kappa shape index (κ1) is 36.4. The normalized spacial score (nSPS) is 23.1. The number of amides is 1. The molecule has 2 aliphatic carbocycles. The van der Waals surface area contributed by atoms with Gasteiger partial charge in [0.05, 0.1) is 23.1 Å². The van der Waals surface area contributed by atoms with Crippen LogP contribution in [0.3, 0.4) is 0 Å². The first-order valence-corrected chi connectivity index (χ1v) is 19.8. The fourth-order valence-electron chi connectivity index (χ4n) is 8.18. The third-order valence-electron chi connectivity index (χ3n) is 11.1. The van der Waals surface area contributed by atoms with Crippen molar-refractivity contribution < 1.29 is 22.7 Å². The molecule has 1 saturated carbocycles. The number of fused-ring (bicyclic) bond motifs is 3. The average molecular weight is 720 g/mol. The minimum atomic E-state index is -3.80. The summed E-state index contributed by atoms with van der Waals surface area (Å²) in [4.78, 5) is 20.5. The average Bonchev–Trinajstić information content (AvgIpc) is 3.22. The summed E-state index contributed by atoms with van der Waals surface area (Å²) in [6.45, 7) is 9.25. The molecule has 6 rings (SSSR count). The van der Waals surface area contributed by atoms with Crippen LogP contribution in [0.1, 0.15) is 85.6 Å². The topological polar surface area (TPSA) is 97.8 Å². The number of benzene rings is 2. The minimum absolute atomic E-state index is 0.237. The first-order valence-electron chi connectivity index (χ1n) is 17.9. The molecule has 0 saturated heterocycles. The monoisotopic (exact) mass is 719 g/mol. The van der Waals surface area contributed by atoms with Gasteiger partial charge in [-0.1, -0.05) is 36.7 Å². The number of rotatable bonds is 11. The van der Waals surface area contributed by atoms with Gasteiger partial charge < -0.3 is 14.4 Å². The van der Waals surface area contributed by atoms with Gasteiger partial charge in [0.2, 0.25) is 10.0 Å². The molecule has 268 valence electrons. The zero-order valence-electron chi connectivity index (χ0n) is 29.9. The molecule has 4 atom stereocenters. The number of anilines is 1. The van der Waals surface area contributed by atoms with E-state index in [4.69, 9.17) is 26.1 Å². The summed E-state index contributed by atoms with van der Waals surface area (Å²) in [5.41, 5.74) is 4.97. The number of hydrogen-bond donors (Lipinski definition) is 1. The zero-order chi connectivity index (χ0) is 35.7. The summed E-state index contributed by atoms with van der Waals surface area (Å²) >= 11 is 6.48. The first-order chi connectivity index (χ1) is 23.9. The number of nitrogens with one attached hydrogen (secondary N) is 1. The van der Waals surface area contributed by atoms with Crippen molar-refractivity contribution in [3.05, 3.63) is 99.9 Å². The van der Waals surface area contributed by atoms with Gasteiger partial charge in [-0.2, -0.15) is 0 Å². The molecule has 0 bridgehead atoms. The lowest BCUT2D eigenvalue weighted by Crippen LogP contribution is -2.54. The quantitative estimate of drug-likeness (QED) is 0.204. The van der Waals surface area contributed by atoms with Gasteiger partial charge in [0.25, 0.3) is 5.91 Å². The van der Waals surface area contributed by atoms with Gasteiger partial charge in [-0.05, 0) is 130 Å². The van der Waals surface area contributed by atoms with Crippen LogP contribution in [0.5, 0.6) is 5.75 Å². The van der Waals surface area contributed by atoms with Crippen LogP contribution in [0, 0.1) is 18.8 Å². The summed E-state index contributed by atoms with van der Waals surface area (Å²) in [6, 6.07) is 15.7. The Hall–Kier alpha value is -3.40. The number of ether oxygens (including phenoxy) is 2. The number of allylic oxidation sites excluding steroid dienone is 1. The molecule has 2 heterocycles. The minimum Gasteiger partial charge on any atom is -0.490 e. The maximum Gasteiger partial charge on any atom is 0.264 e. The number of methoxy groups -OCH3 is 1. The van der Waals surface area contributed by atoms with Crippen molar-refractivity contribution in [3.8, 4) is 5.75 Å². The number of pyridine rings is 1. The zero-order valence-corrected chi connectivity index (χ0v) is 31.4. The van der Waals surface area contributed by atoms with E-state index in [1.165, 1.54) is 16.7 Å². The molecule has 10 heteroatoms. The number of carbonyl (C=O) groups is 1. The maximum atomic E-state index is 13.4. The Labute approximate surface area is 302 Å². The van der Waals surface area contributed by atoms with Crippen LogP contribution in [-0.2, 0) is 33.0 Å². The van der Waals surface area contributed by atoms with Crippen LogP contribution in [-0.4, -0.2) is 57.0 Å². The highest BCUT2D eigenvalue weighted by molar-refractivity contribution is 7.90. The molecule has 0 unspecified atom stereocenters. The highest BCUT2D eigenvalue weighted by Gasteiger charge is 2.49. The summed E-state index contributed by atoms with van der Waals surface area (Å²) in [6.07, 6.45) is 12.9. The highest BCUT2D eigenvalue weighted by atomic mass is 35.5. The molecule has 1 N–H and O–H groups in total. The molecule has 0 radical (unpaired) electrons. The van der Waals surface area contributed by atoms with Crippen LogP contribution in [0.4, 0.5) is 5.69 Å². The van der Waals surface area contributed by atoms with Crippen molar-refractivity contribution in [2.45, 2.75) is 88.9 Å². The number of halogens is 1. The molecule has 2 aromatic carbocycles. The number of aromatic nitrogens is 1. The Balaban J connectivity index is 1.39. The molecule has 50 heavy (non-hydrogen) atoms. The fourth-order valence-corrected chi connectivity index (χ4v) is 8.98. The van der Waals surface area contributed by atoms with Crippen LogP contribution in [0.15, 0.2) is 66.9 Å².